The van der Waals surface area contributed by atoms with Crippen LogP contribution in [0.3, 0.4) is 0 Å². The number of allylic oxidation sites excluding steroid dienone is 2. The van der Waals surface area contributed by atoms with E-state index >= 15 is 0 Å². The average molecular weight is 643 g/mol. The number of hydrogen-bond donors (Lipinski definition) is 1. The highest BCUT2D eigenvalue weighted by atomic mass is 14.9. The molecule has 0 atom stereocenters. The van der Waals surface area contributed by atoms with E-state index in [0.29, 0.717) is 0 Å². The summed E-state index contributed by atoms with van der Waals surface area (Å²) in [6, 6.07) is 47.6. The first-order chi connectivity index (χ1) is 24.4. The van der Waals surface area contributed by atoms with Crippen molar-refractivity contribution in [1.29, 1.82) is 0 Å². The molecule has 7 aromatic carbocycles. The average Bonchev–Trinajstić information content (AvgIpc) is 3.17. The Kier molecular flexibility index (Phi) is 7.14. The maximum atomic E-state index is 4.16. The Labute approximate surface area is 293 Å². The fraction of sp³-hybridized carbons (Fsp3) is 0.104. The number of nitrogens with zero attached hydrogens (tertiary/aromatic N) is 1. The van der Waals surface area contributed by atoms with Crippen molar-refractivity contribution in [3.8, 4) is 44.5 Å². The number of hydrogen-bond acceptors (Lipinski definition) is 2. The normalized spacial score (nSPS) is 13.2. The van der Waals surface area contributed by atoms with Gasteiger partial charge in [0.15, 0.2) is 0 Å². The zero-order valence-electron chi connectivity index (χ0n) is 28.7. The van der Waals surface area contributed by atoms with Crippen LogP contribution in [-0.4, -0.2) is 11.5 Å². The third-order valence-corrected chi connectivity index (χ3v) is 10.3. The number of pyridine rings is 1. The van der Waals surface area contributed by atoms with Gasteiger partial charge in [0.2, 0.25) is 0 Å². The molecular formula is C48H38N2. The third-order valence-electron chi connectivity index (χ3n) is 10.3. The first-order valence-corrected chi connectivity index (χ1v) is 17.5. The first-order valence-electron chi connectivity index (χ1n) is 17.5. The van der Waals surface area contributed by atoms with Crippen LogP contribution in [0, 0.1) is 0 Å². The molecule has 1 aliphatic rings. The van der Waals surface area contributed by atoms with Crippen molar-refractivity contribution >= 4 is 38.0 Å². The molecule has 0 bridgehead atoms. The molecule has 1 N–H and O–H groups in total. The molecule has 9 rings (SSSR count). The van der Waals surface area contributed by atoms with Crippen LogP contribution in [-0.2, 0) is 5.41 Å². The highest BCUT2D eigenvalue weighted by molar-refractivity contribution is 6.28. The van der Waals surface area contributed by atoms with Gasteiger partial charge in [0.25, 0.3) is 0 Å². The van der Waals surface area contributed by atoms with Crippen molar-refractivity contribution < 1.29 is 0 Å². The zero-order valence-corrected chi connectivity index (χ0v) is 28.7. The van der Waals surface area contributed by atoms with E-state index in [1.807, 2.05) is 12.4 Å². The maximum absolute atomic E-state index is 4.16. The number of rotatable bonds is 5. The van der Waals surface area contributed by atoms with Crippen molar-refractivity contribution in [2.45, 2.75) is 26.2 Å². The van der Waals surface area contributed by atoms with Gasteiger partial charge in [-0.3, -0.25) is 4.98 Å². The Bertz CT molecular complexity index is 2550. The zero-order chi connectivity index (χ0) is 33.8. The van der Waals surface area contributed by atoms with E-state index in [-0.39, 0.29) is 5.41 Å². The molecule has 1 aromatic heterocycles. The van der Waals surface area contributed by atoms with Crippen LogP contribution >= 0.6 is 0 Å². The Morgan fingerprint density at radius 1 is 0.500 bits per heavy atom. The molecule has 240 valence electrons. The topological polar surface area (TPSA) is 24.9 Å². The van der Waals surface area contributed by atoms with Crippen molar-refractivity contribution in [2.75, 3.05) is 6.54 Å². The molecule has 0 saturated carbocycles. The molecule has 0 aliphatic carbocycles. The van der Waals surface area contributed by atoms with Gasteiger partial charge in [0.1, 0.15) is 0 Å². The predicted molar refractivity (Wildman–Crippen MR) is 214 cm³/mol. The van der Waals surface area contributed by atoms with Gasteiger partial charge in [-0.25, -0.2) is 0 Å². The Balaban J connectivity index is 1.19. The van der Waals surface area contributed by atoms with Gasteiger partial charge in [-0.05, 0) is 118 Å². The summed E-state index contributed by atoms with van der Waals surface area (Å²) in [6.07, 6.45) is 10.1. The number of nitrogens with one attached hydrogen (secondary N) is 1. The summed E-state index contributed by atoms with van der Waals surface area (Å²) < 4.78 is 0. The molecule has 2 heteroatoms. The quantitative estimate of drug-likeness (QED) is 0.189. The highest BCUT2D eigenvalue weighted by Gasteiger charge is 2.20. The number of aromatic nitrogens is 1. The van der Waals surface area contributed by atoms with E-state index in [4.69, 9.17) is 0 Å². The molecule has 0 fully saturated rings. The standard InChI is InChI=1S/C48H38N2/c1-48(2,3)40-28-38-19-21-41-43(35-13-11-32(12-14-35)31-7-9-33(10-8-31)34-23-26-49-27-24-34)30-44(42-22-20-39(29-40)46(38)47(41)42)36-15-17-37(18-16-36)45-6-4-5-25-50-45/h4-24,26-30,50H,25H2,1-3H3. The molecule has 0 unspecified atom stereocenters. The van der Waals surface area contributed by atoms with Crippen LogP contribution in [0.1, 0.15) is 31.9 Å². The SMILES string of the molecule is CC(C)(C)c1cc2ccc3c(-c4ccc(C5=CC=CCN5)cc4)cc(-c4ccc(-c5ccc(-c6ccncc6)cc5)cc4)c4ccc(c1)c2c34. The minimum Gasteiger partial charge on any atom is -0.381 e. The second-order valence-electron chi connectivity index (χ2n) is 14.5. The van der Waals surface area contributed by atoms with Crippen LogP contribution in [0.5, 0.6) is 0 Å². The van der Waals surface area contributed by atoms with E-state index in [1.165, 1.54) is 88.0 Å². The van der Waals surface area contributed by atoms with Gasteiger partial charge < -0.3 is 5.32 Å². The Hall–Kier alpha value is -5.99. The van der Waals surface area contributed by atoms with Gasteiger partial charge in [0.05, 0.1) is 0 Å². The van der Waals surface area contributed by atoms with Gasteiger partial charge >= 0.3 is 0 Å². The second-order valence-corrected chi connectivity index (χ2v) is 14.5. The summed E-state index contributed by atoms with van der Waals surface area (Å²) in [6.45, 7) is 7.76. The van der Waals surface area contributed by atoms with Crippen LogP contribution in [0.2, 0.25) is 0 Å². The van der Waals surface area contributed by atoms with Crippen molar-refractivity contribution in [2.24, 2.45) is 0 Å². The van der Waals surface area contributed by atoms with Gasteiger partial charge in [0, 0.05) is 24.6 Å². The lowest BCUT2D eigenvalue weighted by atomic mass is 9.81. The van der Waals surface area contributed by atoms with Gasteiger partial charge in [-0.1, -0.05) is 142 Å². The van der Waals surface area contributed by atoms with Crippen molar-refractivity contribution in [3.63, 3.8) is 0 Å². The van der Waals surface area contributed by atoms with Crippen LogP contribution < -0.4 is 5.32 Å². The molecular weight excluding hydrogens is 605 g/mol. The van der Waals surface area contributed by atoms with E-state index in [0.717, 1.165) is 12.2 Å². The lowest BCUT2D eigenvalue weighted by Gasteiger charge is -2.23. The number of benzene rings is 7. The summed E-state index contributed by atoms with van der Waals surface area (Å²) in [5.74, 6) is 0. The van der Waals surface area contributed by atoms with Gasteiger partial charge in [-0.15, -0.1) is 0 Å². The van der Waals surface area contributed by atoms with Gasteiger partial charge in [-0.2, -0.15) is 0 Å². The first kappa shape index (κ1) is 30.1. The highest BCUT2D eigenvalue weighted by Crippen LogP contribution is 2.45. The Morgan fingerprint density at radius 3 is 1.46 bits per heavy atom. The molecule has 2 nitrogen and oxygen atoms in total. The minimum absolute atomic E-state index is 0.0715. The molecule has 0 saturated heterocycles. The molecule has 50 heavy (non-hydrogen) atoms. The summed E-state index contributed by atoms with van der Waals surface area (Å²) in [4.78, 5) is 4.16. The van der Waals surface area contributed by atoms with Crippen LogP contribution in [0.15, 0.2) is 158 Å². The van der Waals surface area contributed by atoms with Crippen LogP contribution in [0.4, 0.5) is 0 Å². The molecule has 2 heterocycles. The molecule has 1 aliphatic heterocycles. The predicted octanol–water partition coefficient (Wildman–Crippen LogP) is 12.4. The lowest BCUT2D eigenvalue weighted by molar-refractivity contribution is 0.591. The molecule has 8 aromatic rings. The summed E-state index contributed by atoms with van der Waals surface area (Å²) in [5.41, 5.74) is 13.5. The summed E-state index contributed by atoms with van der Waals surface area (Å²) in [5, 5.41) is 11.4. The summed E-state index contributed by atoms with van der Waals surface area (Å²) >= 11 is 0. The monoisotopic (exact) mass is 642 g/mol. The van der Waals surface area contributed by atoms with E-state index in [1.54, 1.807) is 0 Å². The summed E-state index contributed by atoms with van der Waals surface area (Å²) in [7, 11) is 0. The molecule has 0 amide bonds. The minimum atomic E-state index is 0.0715. The fourth-order valence-electron chi connectivity index (χ4n) is 7.56. The molecule has 0 radical (unpaired) electrons. The van der Waals surface area contributed by atoms with Crippen LogP contribution in [0.25, 0.3) is 82.5 Å². The van der Waals surface area contributed by atoms with E-state index in [2.05, 4.69) is 177 Å². The molecule has 0 spiro atoms. The maximum Gasteiger partial charge on any atom is 0.0416 e. The lowest BCUT2D eigenvalue weighted by Crippen LogP contribution is -2.14. The fourth-order valence-corrected chi connectivity index (χ4v) is 7.56. The largest absolute Gasteiger partial charge is 0.381 e. The van der Waals surface area contributed by atoms with Crippen molar-refractivity contribution in [1.82, 2.24) is 10.3 Å². The Morgan fingerprint density at radius 2 is 0.980 bits per heavy atom. The second kappa shape index (κ2) is 11.9. The number of dihydropyridines is 1. The van der Waals surface area contributed by atoms with E-state index < -0.39 is 0 Å². The van der Waals surface area contributed by atoms with Crippen molar-refractivity contribution in [3.05, 3.63) is 169 Å². The smallest absolute Gasteiger partial charge is 0.0416 e. The van der Waals surface area contributed by atoms with E-state index in [9.17, 15) is 0 Å². The third kappa shape index (κ3) is 5.25.